The van der Waals surface area contributed by atoms with Crippen LogP contribution in [-0.4, -0.2) is 38.2 Å². The van der Waals surface area contributed by atoms with E-state index < -0.39 is 0 Å². The van der Waals surface area contributed by atoms with Crippen LogP contribution in [0.1, 0.15) is 40.5 Å². The zero-order valence-corrected chi connectivity index (χ0v) is 19.9. The van der Waals surface area contributed by atoms with Gasteiger partial charge in [-0.2, -0.15) is 0 Å². The van der Waals surface area contributed by atoms with Gasteiger partial charge in [-0.3, -0.25) is 14.2 Å². The first kappa shape index (κ1) is 22.1. The number of nitrogens with zero attached hydrogens (tertiary/aromatic N) is 3. The maximum Gasteiger partial charge on any atom is 0.263 e. The molecule has 0 spiro atoms. The van der Waals surface area contributed by atoms with Crippen LogP contribution in [0.3, 0.4) is 0 Å². The van der Waals surface area contributed by atoms with Crippen LogP contribution in [0.15, 0.2) is 32.8 Å². The Morgan fingerprint density at radius 1 is 1.24 bits per heavy atom. The molecular weight excluding hydrogens is 422 g/mol. The highest BCUT2D eigenvalue weighted by Crippen LogP contribution is 2.34. The van der Waals surface area contributed by atoms with Crippen LogP contribution in [0, 0.1) is 0 Å². The second-order valence-corrected chi connectivity index (χ2v) is 9.92. The Hall–Kier alpha value is -1.64. The second-order valence-electron chi connectivity index (χ2n) is 7.17. The van der Waals surface area contributed by atoms with Crippen LogP contribution in [-0.2, 0) is 11.8 Å². The summed E-state index contributed by atoms with van der Waals surface area (Å²) >= 11 is 4.44. The van der Waals surface area contributed by atoms with Crippen molar-refractivity contribution < 1.29 is 4.79 Å². The molecule has 29 heavy (non-hydrogen) atoms. The smallest absolute Gasteiger partial charge is 0.263 e. The lowest BCUT2D eigenvalue weighted by Gasteiger charge is -2.34. The van der Waals surface area contributed by atoms with E-state index in [-0.39, 0.29) is 29.3 Å². The molecule has 0 fully saturated rings. The molecule has 0 aromatic carbocycles. The molecule has 0 radical (unpaired) electrons. The van der Waals surface area contributed by atoms with Crippen LogP contribution in [0.5, 0.6) is 0 Å². The van der Waals surface area contributed by atoms with Crippen molar-refractivity contribution in [2.75, 3.05) is 5.75 Å². The predicted octanol–water partition coefficient (Wildman–Crippen LogP) is 5.24. The van der Waals surface area contributed by atoms with Crippen molar-refractivity contribution in [2.45, 2.75) is 57.8 Å². The van der Waals surface area contributed by atoms with Gasteiger partial charge in [0.05, 0.1) is 11.1 Å². The summed E-state index contributed by atoms with van der Waals surface area (Å²) in [4.78, 5) is 34.5. The zero-order chi connectivity index (χ0) is 21.1. The van der Waals surface area contributed by atoms with Crippen LogP contribution >= 0.6 is 34.4 Å². The molecule has 0 saturated heterocycles. The summed E-state index contributed by atoms with van der Waals surface area (Å²) in [6.45, 7) is 8.38. The Morgan fingerprint density at radius 3 is 2.52 bits per heavy atom. The molecule has 0 aliphatic heterocycles. The quantitative estimate of drug-likeness (QED) is 0.348. The first-order valence-electron chi connectivity index (χ1n) is 9.85. The minimum absolute atomic E-state index is 0.0599. The van der Waals surface area contributed by atoms with E-state index in [2.05, 4.69) is 27.7 Å². The summed E-state index contributed by atoms with van der Waals surface area (Å²) in [5.41, 5.74) is 0.885. The van der Waals surface area contributed by atoms with Crippen molar-refractivity contribution in [2.24, 2.45) is 7.05 Å². The summed E-state index contributed by atoms with van der Waals surface area (Å²) in [6.07, 6.45) is 1.84. The van der Waals surface area contributed by atoms with Crippen molar-refractivity contribution in [3.05, 3.63) is 33.2 Å². The van der Waals surface area contributed by atoms with Gasteiger partial charge >= 0.3 is 0 Å². The number of hydrogen-bond donors (Lipinski definition) is 0. The molecule has 3 rings (SSSR count). The van der Waals surface area contributed by atoms with Gasteiger partial charge in [-0.05, 0) is 38.1 Å². The number of aromatic nitrogens is 2. The van der Waals surface area contributed by atoms with Crippen LogP contribution < -0.4 is 5.56 Å². The van der Waals surface area contributed by atoms with Crippen LogP contribution in [0.2, 0.25) is 0 Å². The predicted molar refractivity (Wildman–Crippen MR) is 125 cm³/mol. The molecule has 0 saturated carbocycles. The summed E-state index contributed by atoms with van der Waals surface area (Å²) in [5, 5.41) is 5.26. The minimum Gasteiger partial charge on any atom is -0.337 e. The summed E-state index contributed by atoms with van der Waals surface area (Å²) in [6, 6.07) is 4.40. The highest BCUT2D eigenvalue weighted by molar-refractivity contribution is 7.99. The molecule has 0 unspecified atom stereocenters. The van der Waals surface area contributed by atoms with Gasteiger partial charge in [-0.1, -0.05) is 31.7 Å². The van der Waals surface area contributed by atoms with Crippen LogP contribution in [0.4, 0.5) is 0 Å². The normalized spacial score (nSPS) is 13.6. The van der Waals surface area contributed by atoms with Gasteiger partial charge in [0, 0.05) is 35.0 Å². The number of hydrogen-bond acceptors (Lipinski definition) is 6. The fourth-order valence-corrected chi connectivity index (χ4v) is 5.96. The molecule has 8 heteroatoms. The summed E-state index contributed by atoms with van der Waals surface area (Å²) in [5.74, 6) is 0.377. The molecule has 2 atom stereocenters. The molecule has 3 heterocycles. The molecule has 156 valence electrons. The monoisotopic (exact) mass is 449 g/mol. The van der Waals surface area contributed by atoms with E-state index in [1.54, 1.807) is 23.0 Å². The first-order chi connectivity index (χ1) is 13.9. The summed E-state index contributed by atoms with van der Waals surface area (Å²) < 4.78 is 1.57. The maximum absolute atomic E-state index is 13.0. The van der Waals surface area contributed by atoms with E-state index in [0.717, 1.165) is 28.1 Å². The SMILES string of the molecule is CC[C@H](C)N(C(=O)CSc1nc2scc(-c3cccs3)c2c(=O)n1C)[C@@H](C)CC. The van der Waals surface area contributed by atoms with Gasteiger partial charge < -0.3 is 4.90 Å². The van der Waals surface area contributed by atoms with Crippen molar-refractivity contribution >= 4 is 50.6 Å². The number of amides is 1. The average Bonchev–Trinajstić information content (AvgIpc) is 3.38. The Labute approximate surface area is 183 Å². The fourth-order valence-electron chi connectivity index (χ4n) is 3.32. The molecule has 3 aromatic heterocycles. The van der Waals surface area contributed by atoms with Crippen molar-refractivity contribution in [3.63, 3.8) is 0 Å². The number of rotatable bonds is 8. The number of carbonyl (C=O) groups is 1. The standard InChI is InChI=1S/C21H27N3O2S3/c1-6-13(3)24(14(4)7-2)17(25)12-29-21-22-19-18(20(26)23(21)5)15(11-28-19)16-9-8-10-27-16/h8-11,13-14H,6-7,12H2,1-5H3/t13-,14-/m0/s1. The van der Waals surface area contributed by atoms with E-state index in [1.807, 2.05) is 27.8 Å². The third-order valence-electron chi connectivity index (χ3n) is 5.30. The van der Waals surface area contributed by atoms with Crippen molar-refractivity contribution in [1.82, 2.24) is 14.5 Å². The van der Waals surface area contributed by atoms with Gasteiger partial charge in [0.1, 0.15) is 4.83 Å². The van der Waals surface area contributed by atoms with E-state index >= 15 is 0 Å². The Bertz CT molecular complexity index is 1030. The number of carbonyl (C=O) groups excluding carboxylic acids is 1. The third kappa shape index (κ3) is 4.44. The van der Waals surface area contributed by atoms with E-state index in [4.69, 9.17) is 4.98 Å². The van der Waals surface area contributed by atoms with E-state index in [9.17, 15) is 9.59 Å². The maximum atomic E-state index is 13.0. The molecular formula is C21H27N3O2S3. The fraction of sp³-hybridized carbons (Fsp3) is 0.476. The Balaban J connectivity index is 1.87. The highest BCUT2D eigenvalue weighted by atomic mass is 32.2. The van der Waals surface area contributed by atoms with Crippen molar-refractivity contribution in [3.8, 4) is 10.4 Å². The van der Waals surface area contributed by atoms with Gasteiger partial charge in [-0.25, -0.2) is 4.98 Å². The molecule has 5 nitrogen and oxygen atoms in total. The lowest BCUT2D eigenvalue weighted by Crippen LogP contribution is -2.45. The molecule has 3 aromatic rings. The van der Waals surface area contributed by atoms with Gasteiger partial charge in [0.15, 0.2) is 5.16 Å². The van der Waals surface area contributed by atoms with E-state index in [0.29, 0.717) is 10.5 Å². The minimum atomic E-state index is -0.0599. The number of thiophene rings is 2. The summed E-state index contributed by atoms with van der Waals surface area (Å²) in [7, 11) is 1.73. The topological polar surface area (TPSA) is 55.2 Å². The van der Waals surface area contributed by atoms with E-state index in [1.165, 1.54) is 23.1 Å². The van der Waals surface area contributed by atoms with Gasteiger partial charge in [0.25, 0.3) is 5.56 Å². The molecule has 0 N–H and O–H groups in total. The largest absolute Gasteiger partial charge is 0.337 e. The molecule has 0 aliphatic rings. The Kier molecular flexibility index (Phi) is 7.19. The highest BCUT2D eigenvalue weighted by Gasteiger charge is 2.24. The van der Waals surface area contributed by atoms with Crippen molar-refractivity contribution in [1.29, 1.82) is 0 Å². The lowest BCUT2D eigenvalue weighted by atomic mass is 10.1. The number of fused-ring (bicyclic) bond motifs is 1. The Morgan fingerprint density at radius 2 is 1.93 bits per heavy atom. The number of thioether (sulfide) groups is 1. The lowest BCUT2D eigenvalue weighted by molar-refractivity contribution is -0.132. The molecule has 0 bridgehead atoms. The first-order valence-corrected chi connectivity index (χ1v) is 12.6. The third-order valence-corrected chi connectivity index (χ3v) is 8.09. The van der Waals surface area contributed by atoms with Crippen LogP contribution in [0.25, 0.3) is 20.7 Å². The molecule has 0 aliphatic carbocycles. The van der Waals surface area contributed by atoms with Gasteiger partial charge in [-0.15, -0.1) is 22.7 Å². The molecule has 1 amide bonds. The zero-order valence-electron chi connectivity index (χ0n) is 17.5. The van der Waals surface area contributed by atoms with Gasteiger partial charge in [0.2, 0.25) is 5.91 Å². The average molecular weight is 450 g/mol. The second kappa shape index (κ2) is 9.45.